The molecule has 0 aliphatic heterocycles. The van der Waals surface area contributed by atoms with Crippen molar-refractivity contribution in [3.05, 3.63) is 23.2 Å². The highest BCUT2D eigenvalue weighted by Gasteiger charge is 2.45. The molecule has 1 fully saturated rings. The third-order valence-electron chi connectivity index (χ3n) is 3.28. The first kappa shape index (κ1) is 11.6. The van der Waals surface area contributed by atoms with E-state index in [9.17, 15) is 0 Å². The molecule has 1 saturated carbocycles. The summed E-state index contributed by atoms with van der Waals surface area (Å²) in [7, 11) is 1.62. The summed E-state index contributed by atoms with van der Waals surface area (Å²) in [6, 6.07) is 5.45. The van der Waals surface area contributed by atoms with E-state index in [-0.39, 0.29) is 0 Å². The second kappa shape index (κ2) is 4.17. The van der Waals surface area contributed by atoms with Gasteiger partial charge in [-0.1, -0.05) is 25.4 Å². The molecule has 3 heteroatoms. The van der Waals surface area contributed by atoms with E-state index >= 15 is 0 Å². The largest absolute Gasteiger partial charge is 0.493 e. The Morgan fingerprint density at radius 3 is 2.62 bits per heavy atom. The lowest BCUT2D eigenvalue weighted by Crippen LogP contribution is -2.04. The molecule has 0 aromatic heterocycles. The van der Waals surface area contributed by atoms with Gasteiger partial charge in [0.25, 0.3) is 0 Å². The van der Waals surface area contributed by atoms with Gasteiger partial charge >= 0.3 is 0 Å². The fourth-order valence-corrected chi connectivity index (χ4v) is 1.97. The first-order valence-corrected chi connectivity index (χ1v) is 5.87. The summed E-state index contributed by atoms with van der Waals surface area (Å²) >= 11 is 5.88. The molecule has 1 aromatic carbocycles. The molecular weight excluding hydrogens is 224 g/mol. The first-order chi connectivity index (χ1) is 7.53. The van der Waals surface area contributed by atoms with E-state index in [1.54, 1.807) is 13.2 Å². The lowest BCUT2D eigenvalue weighted by Gasteiger charge is -2.11. The van der Waals surface area contributed by atoms with Crippen LogP contribution in [0.1, 0.15) is 20.3 Å². The van der Waals surface area contributed by atoms with Crippen LogP contribution in [0.4, 0.5) is 0 Å². The SMILES string of the molecule is COc1cc(Cl)ccc1OCC1CC1(C)C. The van der Waals surface area contributed by atoms with Gasteiger partial charge in [-0.2, -0.15) is 0 Å². The van der Waals surface area contributed by atoms with Crippen molar-refractivity contribution >= 4 is 11.6 Å². The van der Waals surface area contributed by atoms with E-state index in [4.69, 9.17) is 21.1 Å². The van der Waals surface area contributed by atoms with Gasteiger partial charge in [0.2, 0.25) is 0 Å². The van der Waals surface area contributed by atoms with Gasteiger partial charge in [0.15, 0.2) is 11.5 Å². The van der Waals surface area contributed by atoms with Crippen LogP contribution in [0.5, 0.6) is 11.5 Å². The molecular formula is C13H17ClO2. The van der Waals surface area contributed by atoms with Gasteiger partial charge in [-0.3, -0.25) is 0 Å². The zero-order valence-corrected chi connectivity index (χ0v) is 10.7. The predicted molar refractivity (Wildman–Crippen MR) is 65.4 cm³/mol. The fraction of sp³-hybridized carbons (Fsp3) is 0.538. The standard InChI is InChI=1S/C13H17ClO2/c1-13(2)7-9(13)8-16-11-5-4-10(14)6-12(11)15-3/h4-6,9H,7-8H2,1-3H3. The van der Waals surface area contributed by atoms with Crippen LogP contribution in [0.15, 0.2) is 18.2 Å². The van der Waals surface area contributed by atoms with Crippen molar-refractivity contribution in [2.24, 2.45) is 11.3 Å². The summed E-state index contributed by atoms with van der Waals surface area (Å²) in [6.45, 7) is 5.28. The van der Waals surface area contributed by atoms with Gasteiger partial charge in [0, 0.05) is 11.1 Å². The highest BCUT2D eigenvalue weighted by molar-refractivity contribution is 6.30. The number of halogens is 1. The summed E-state index contributed by atoms with van der Waals surface area (Å²) in [5.41, 5.74) is 0.444. The van der Waals surface area contributed by atoms with Crippen molar-refractivity contribution in [2.75, 3.05) is 13.7 Å². The third-order valence-corrected chi connectivity index (χ3v) is 3.52. The monoisotopic (exact) mass is 240 g/mol. The van der Waals surface area contributed by atoms with Crippen LogP contribution in [0, 0.1) is 11.3 Å². The highest BCUT2D eigenvalue weighted by atomic mass is 35.5. The molecule has 1 aliphatic rings. The summed E-state index contributed by atoms with van der Waals surface area (Å²) in [6.07, 6.45) is 1.24. The van der Waals surface area contributed by atoms with Crippen molar-refractivity contribution in [3.63, 3.8) is 0 Å². The minimum atomic E-state index is 0.444. The molecule has 1 unspecified atom stereocenters. The van der Waals surface area contributed by atoms with Crippen LogP contribution < -0.4 is 9.47 Å². The van der Waals surface area contributed by atoms with Crippen LogP contribution in [0.2, 0.25) is 5.02 Å². The summed E-state index contributed by atoms with van der Waals surface area (Å²) < 4.78 is 11.0. The highest BCUT2D eigenvalue weighted by Crippen LogP contribution is 2.51. The molecule has 0 spiro atoms. The summed E-state index contributed by atoms with van der Waals surface area (Å²) in [5.74, 6) is 2.13. The van der Waals surface area contributed by atoms with Gasteiger partial charge in [-0.05, 0) is 29.9 Å². The molecule has 1 aliphatic carbocycles. The number of hydrogen-bond acceptors (Lipinski definition) is 2. The number of rotatable bonds is 4. The van der Waals surface area contributed by atoms with Gasteiger partial charge in [0.1, 0.15) is 0 Å². The Bertz CT molecular complexity index is 388. The van der Waals surface area contributed by atoms with Crippen LogP contribution in [0.3, 0.4) is 0 Å². The maximum absolute atomic E-state index is 5.88. The van der Waals surface area contributed by atoms with E-state index in [0.29, 0.717) is 22.1 Å². The van der Waals surface area contributed by atoms with Gasteiger partial charge in [-0.15, -0.1) is 0 Å². The maximum atomic E-state index is 5.88. The van der Waals surface area contributed by atoms with Crippen LogP contribution >= 0.6 is 11.6 Å². The Labute approximate surface area is 102 Å². The third kappa shape index (κ3) is 2.43. The molecule has 2 rings (SSSR count). The molecule has 1 aromatic rings. The zero-order valence-electron chi connectivity index (χ0n) is 9.92. The average Bonchev–Trinajstić information content (AvgIpc) is 2.84. The molecule has 88 valence electrons. The minimum absolute atomic E-state index is 0.444. The normalized spacial score (nSPS) is 21.6. The Morgan fingerprint density at radius 1 is 1.38 bits per heavy atom. The molecule has 2 nitrogen and oxygen atoms in total. The summed E-state index contributed by atoms with van der Waals surface area (Å²) in [5, 5.41) is 0.663. The maximum Gasteiger partial charge on any atom is 0.162 e. The minimum Gasteiger partial charge on any atom is -0.493 e. The van der Waals surface area contributed by atoms with Crippen molar-refractivity contribution in [1.82, 2.24) is 0 Å². The molecule has 1 atom stereocenters. The van der Waals surface area contributed by atoms with Crippen LogP contribution in [-0.2, 0) is 0 Å². The molecule has 0 amide bonds. The quantitative estimate of drug-likeness (QED) is 0.798. The molecule has 0 N–H and O–H groups in total. The predicted octanol–water partition coefficient (Wildman–Crippen LogP) is 3.77. The van der Waals surface area contributed by atoms with Crippen molar-refractivity contribution in [2.45, 2.75) is 20.3 Å². The van der Waals surface area contributed by atoms with E-state index in [2.05, 4.69) is 13.8 Å². The molecule has 0 heterocycles. The lowest BCUT2D eigenvalue weighted by atomic mass is 10.1. The molecule has 0 radical (unpaired) electrons. The Hall–Kier alpha value is -0.890. The smallest absolute Gasteiger partial charge is 0.162 e. The average molecular weight is 241 g/mol. The van der Waals surface area contributed by atoms with Crippen LogP contribution in [0.25, 0.3) is 0 Å². The number of methoxy groups -OCH3 is 1. The summed E-state index contributed by atoms with van der Waals surface area (Å²) in [4.78, 5) is 0. The van der Waals surface area contributed by atoms with Gasteiger partial charge in [0.05, 0.1) is 13.7 Å². The van der Waals surface area contributed by atoms with Crippen molar-refractivity contribution in [1.29, 1.82) is 0 Å². The Morgan fingerprint density at radius 2 is 2.06 bits per heavy atom. The van der Waals surface area contributed by atoms with Crippen molar-refractivity contribution in [3.8, 4) is 11.5 Å². The number of hydrogen-bond donors (Lipinski definition) is 0. The molecule has 0 bridgehead atoms. The second-order valence-electron chi connectivity index (χ2n) is 5.00. The van der Waals surface area contributed by atoms with Crippen LogP contribution in [-0.4, -0.2) is 13.7 Å². The second-order valence-corrected chi connectivity index (χ2v) is 5.43. The van der Waals surface area contributed by atoms with Gasteiger partial charge in [-0.25, -0.2) is 0 Å². The zero-order chi connectivity index (χ0) is 11.8. The molecule has 16 heavy (non-hydrogen) atoms. The number of benzene rings is 1. The number of ether oxygens (including phenoxy) is 2. The first-order valence-electron chi connectivity index (χ1n) is 5.49. The topological polar surface area (TPSA) is 18.5 Å². The van der Waals surface area contributed by atoms with E-state index in [0.717, 1.165) is 12.4 Å². The molecule has 0 saturated heterocycles. The van der Waals surface area contributed by atoms with E-state index < -0.39 is 0 Å². The Balaban J connectivity index is 1.99. The van der Waals surface area contributed by atoms with Gasteiger partial charge < -0.3 is 9.47 Å². The lowest BCUT2D eigenvalue weighted by molar-refractivity contribution is 0.264. The van der Waals surface area contributed by atoms with E-state index in [1.807, 2.05) is 12.1 Å². The van der Waals surface area contributed by atoms with E-state index in [1.165, 1.54) is 6.42 Å². The Kier molecular flexibility index (Phi) is 3.02. The fourth-order valence-electron chi connectivity index (χ4n) is 1.81. The van der Waals surface area contributed by atoms with Crippen molar-refractivity contribution < 1.29 is 9.47 Å².